The molecule has 0 radical (unpaired) electrons. The molecule has 0 amide bonds. The Hall–Kier alpha value is -1.64. The normalized spacial score (nSPS) is 10.8. The molecule has 134 valence electrons. The van der Waals surface area contributed by atoms with E-state index < -0.39 is 4.92 Å². The molecular formula is C17H17Br2NO5. The molecule has 0 spiro atoms. The fraction of sp³-hybridized carbons (Fsp3) is 0.294. The highest BCUT2D eigenvalue weighted by molar-refractivity contribution is 9.11. The van der Waals surface area contributed by atoms with E-state index in [1.807, 2.05) is 19.9 Å². The summed E-state index contributed by atoms with van der Waals surface area (Å²) in [6.07, 6.45) is 0. The van der Waals surface area contributed by atoms with Crippen molar-refractivity contribution >= 4 is 37.5 Å². The van der Waals surface area contributed by atoms with Crippen molar-refractivity contribution in [3.63, 3.8) is 0 Å². The molecule has 0 heterocycles. The van der Waals surface area contributed by atoms with Crippen molar-refractivity contribution in [1.29, 1.82) is 0 Å². The summed E-state index contributed by atoms with van der Waals surface area (Å²) in [5, 5.41) is 11.3. The van der Waals surface area contributed by atoms with Gasteiger partial charge in [-0.15, -0.1) is 0 Å². The summed E-state index contributed by atoms with van der Waals surface area (Å²) in [7, 11) is 1.55. The lowest BCUT2D eigenvalue weighted by Gasteiger charge is -2.16. The summed E-state index contributed by atoms with van der Waals surface area (Å²) in [5.74, 6) is 1.50. The van der Waals surface area contributed by atoms with Crippen LogP contribution in [-0.2, 0) is 4.74 Å². The zero-order valence-corrected chi connectivity index (χ0v) is 17.1. The van der Waals surface area contributed by atoms with E-state index in [-0.39, 0.29) is 24.1 Å². The largest absolute Gasteiger partial charge is 0.467 e. The number of halogens is 2. The third-order valence-electron chi connectivity index (χ3n) is 3.34. The van der Waals surface area contributed by atoms with Gasteiger partial charge in [0.15, 0.2) is 6.79 Å². The molecule has 0 N–H and O–H groups in total. The Bertz CT molecular complexity index is 780. The van der Waals surface area contributed by atoms with Gasteiger partial charge in [0.25, 0.3) is 0 Å². The van der Waals surface area contributed by atoms with Crippen LogP contribution in [-0.4, -0.2) is 18.8 Å². The zero-order chi connectivity index (χ0) is 18.6. The summed E-state index contributed by atoms with van der Waals surface area (Å²) < 4.78 is 17.4. The van der Waals surface area contributed by atoms with Crippen LogP contribution in [0.25, 0.3) is 0 Å². The van der Waals surface area contributed by atoms with Gasteiger partial charge in [0.1, 0.15) is 11.5 Å². The predicted octanol–water partition coefficient (Wildman–Crippen LogP) is 6.02. The van der Waals surface area contributed by atoms with Crippen molar-refractivity contribution in [1.82, 2.24) is 0 Å². The van der Waals surface area contributed by atoms with Crippen LogP contribution >= 0.6 is 31.9 Å². The van der Waals surface area contributed by atoms with Crippen molar-refractivity contribution < 1.29 is 19.1 Å². The van der Waals surface area contributed by atoms with Crippen molar-refractivity contribution in [2.24, 2.45) is 0 Å². The van der Waals surface area contributed by atoms with Crippen molar-refractivity contribution in [3.05, 3.63) is 55.0 Å². The highest BCUT2D eigenvalue weighted by atomic mass is 79.9. The number of nitrogens with zero attached hydrogens (tertiary/aromatic N) is 1. The molecule has 2 rings (SSSR count). The van der Waals surface area contributed by atoms with E-state index in [9.17, 15) is 10.1 Å². The molecule has 0 saturated heterocycles. The highest BCUT2D eigenvalue weighted by Gasteiger charge is 2.21. The minimum absolute atomic E-state index is 0.132. The van der Waals surface area contributed by atoms with E-state index in [1.54, 1.807) is 25.3 Å². The number of nitro groups is 1. The van der Waals surface area contributed by atoms with Crippen LogP contribution in [0.2, 0.25) is 0 Å². The van der Waals surface area contributed by atoms with Gasteiger partial charge in [0.2, 0.25) is 5.75 Å². The molecule has 2 aromatic carbocycles. The Labute approximate surface area is 162 Å². The minimum Gasteiger partial charge on any atom is -0.467 e. The Morgan fingerprint density at radius 3 is 2.52 bits per heavy atom. The van der Waals surface area contributed by atoms with Gasteiger partial charge >= 0.3 is 5.69 Å². The first kappa shape index (κ1) is 19.7. The summed E-state index contributed by atoms with van der Waals surface area (Å²) >= 11 is 6.57. The van der Waals surface area contributed by atoms with Crippen molar-refractivity contribution in [2.75, 3.05) is 13.9 Å². The fourth-order valence-electron chi connectivity index (χ4n) is 2.20. The molecule has 0 fully saturated rings. The average molecular weight is 475 g/mol. The maximum atomic E-state index is 11.3. The molecule has 0 aromatic heterocycles. The van der Waals surface area contributed by atoms with Crippen molar-refractivity contribution in [3.8, 4) is 17.2 Å². The third-order valence-corrected chi connectivity index (χ3v) is 4.39. The first-order valence-corrected chi connectivity index (χ1v) is 8.99. The van der Waals surface area contributed by atoms with Gasteiger partial charge in [-0.3, -0.25) is 10.1 Å². The first-order valence-electron chi connectivity index (χ1n) is 7.40. The fourth-order valence-corrected chi connectivity index (χ4v) is 3.48. The van der Waals surface area contributed by atoms with Gasteiger partial charge in [-0.2, -0.15) is 0 Å². The molecule has 0 aliphatic heterocycles. The number of hydrogen-bond acceptors (Lipinski definition) is 5. The second kappa shape index (κ2) is 8.64. The third kappa shape index (κ3) is 4.93. The number of hydrogen-bond donors (Lipinski definition) is 0. The summed E-state index contributed by atoms with van der Waals surface area (Å²) in [4.78, 5) is 10.8. The van der Waals surface area contributed by atoms with E-state index in [2.05, 4.69) is 31.9 Å². The minimum atomic E-state index is -0.482. The Morgan fingerprint density at radius 1 is 1.20 bits per heavy atom. The Balaban J connectivity index is 2.41. The summed E-state index contributed by atoms with van der Waals surface area (Å²) in [5.41, 5.74) is 0.789. The summed E-state index contributed by atoms with van der Waals surface area (Å²) in [6, 6.07) is 8.38. The Kier molecular flexibility index (Phi) is 6.80. The number of rotatable bonds is 7. The van der Waals surface area contributed by atoms with Gasteiger partial charge in [-0.1, -0.05) is 29.8 Å². The molecule has 0 atom stereocenters. The van der Waals surface area contributed by atoms with Crippen LogP contribution in [0.1, 0.15) is 25.3 Å². The van der Waals surface area contributed by atoms with E-state index in [4.69, 9.17) is 14.2 Å². The van der Waals surface area contributed by atoms with Gasteiger partial charge in [0, 0.05) is 23.2 Å². The lowest BCUT2D eigenvalue weighted by atomic mass is 10.0. The van der Waals surface area contributed by atoms with E-state index in [0.717, 1.165) is 5.56 Å². The quantitative estimate of drug-likeness (QED) is 0.279. The molecule has 0 saturated carbocycles. The SMILES string of the molecule is COCOc1ccc(Oc2c(Br)cc(Br)cc2[N+](=O)[O-])cc1C(C)C. The first-order chi connectivity index (χ1) is 11.8. The molecule has 8 heteroatoms. The van der Waals surface area contributed by atoms with Crippen LogP contribution in [0.15, 0.2) is 39.3 Å². The Morgan fingerprint density at radius 2 is 1.92 bits per heavy atom. The molecule has 0 aliphatic carbocycles. The van der Waals surface area contributed by atoms with Crippen LogP contribution in [0, 0.1) is 10.1 Å². The number of benzene rings is 2. The van der Waals surface area contributed by atoms with Crippen LogP contribution in [0.3, 0.4) is 0 Å². The summed E-state index contributed by atoms with van der Waals surface area (Å²) in [6.45, 7) is 4.19. The molecule has 0 unspecified atom stereocenters. The monoisotopic (exact) mass is 473 g/mol. The van der Waals surface area contributed by atoms with E-state index in [1.165, 1.54) is 6.07 Å². The van der Waals surface area contributed by atoms with Crippen molar-refractivity contribution in [2.45, 2.75) is 19.8 Å². The number of methoxy groups -OCH3 is 1. The number of nitro benzene ring substituents is 1. The highest BCUT2D eigenvalue weighted by Crippen LogP contribution is 2.41. The smallest absolute Gasteiger partial charge is 0.313 e. The van der Waals surface area contributed by atoms with Gasteiger partial charge in [-0.25, -0.2) is 0 Å². The van der Waals surface area contributed by atoms with Crippen LogP contribution in [0.4, 0.5) is 5.69 Å². The topological polar surface area (TPSA) is 70.8 Å². The van der Waals surface area contributed by atoms with Crippen LogP contribution < -0.4 is 9.47 Å². The van der Waals surface area contributed by atoms with Gasteiger partial charge in [-0.05, 0) is 46.1 Å². The average Bonchev–Trinajstić information content (AvgIpc) is 2.55. The molecular weight excluding hydrogens is 458 g/mol. The lowest BCUT2D eigenvalue weighted by molar-refractivity contribution is -0.385. The second-order valence-electron chi connectivity index (χ2n) is 5.50. The molecule has 0 aliphatic rings. The lowest BCUT2D eigenvalue weighted by Crippen LogP contribution is -2.03. The second-order valence-corrected chi connectivity index (χ2v) is 7.27. The van der Waals surface area contributed by atoms with Crippen LogP contribution in [0.5, 0.6) is 17.2 Å². The zero-order valence-electron chi connectivity index (χ0n) is 13.9. The molecule has 6 nitrogen and oxygen atoms in total. The number of ether oxygens (including phenoxy) is 3. The van der Waals surface area contributed by atoms with Gasteiger partial charge in [0.05, 0.1) is 9.40 Å². The maximum absolute atomic E-state index is 11.3. The standard InChI is InChI=1S/C17H17Br2NO5/c1-10(2)13-8-12(4-5-16(13)24-9-23-3)25-17-14(19)6-11(18)7-15(17)20(21)22/h4-8,10H,9H2,1-3H3. The molecule has 0 bridgehead atoms. The molecule has 25 heavy (non-hydrogen) atoms. The van der Waals surface area contributed by atoms with Gasteiger partial charge < -0.3 is 14.2 Å². The predicted molar refractivity (Wildman–Crippen MR) is 102 cm³/mol. The van der Waals surface area contributed by atoms with E-state index in [0.29, 0.717) is 20.4 Å². The van der Waals surface area contributed by atoms with E-state index >= 15 is 0 Å². The molecule has 2 aromatic rings. The maximum Gasteiger partial charge on any atom is 0.313 e.